The molecule has 0 spiro atoms. The predicted molar refractivity (Wildman–Crippen MR) is 69.1 cm³/mol. The van der Waals surface area contributed by atoms with Crippen molar-refractivity contribution < 1.29 is 4.79 Å². The molecule has 0 saturated carbocycles. The Kier molecular flexibility index (Phi) is 3.45. The minimum atomic E-state index is -0.117. The molecule has 0 bridgehead atoms. The van der Waals surface area contributed by atoms with Crippen molar-refractivity contribution in [2.45, 2.75) is 13.5 Å². The number of Topliss-reactive ketones (excluding diaryl/α,β-unsaturated/α-hetero) is 1. The number of halogens is 1. The van der Waals surface area contributed by atoms with Gasteiger partial charge >= 0.3 is 0 Å². The Bertz CT molecular complexity index is 615. The fraction of sp³-hybridized carbons (Fsp3) is 0.167. The molecule has 0 atom stereocenters. The number of carbonyl (C=O) groups is 1. The Labute approximate surface area is 107 Å². The third-order valence-electron chi connectivity index (χ3n) is 2.34. The van der Waals surface area contributed by atoms with Crippen LogP contribution in [0.1, 0.15) is 22.8 Å². The van der Waals surface area contributed by atoms with Gasteiger partial charge in [0.05, 0.1) is 6.54 Å². The van der Waals surface area contributed by atoms with Gasteiger partial charge in [-0.3, -0.25) is 13.5 Å². The van der Waals surface area contributed by atoms with E-state index in [0.29, 0.717) is 16.4 Å². The number of nitrogens with zero attached hydrogens (tertiary/aromatic N) is 1. The molecule has 88 valence electrons. The number of carbonyl (C=O) groups excluding carboxylic acids is 1. The molecule has 3 nitrogen and oxygen atoms in total. The first-order chi connectivity index (χ1) is 8.06. The number of hydrogen-bond donors (Lipinski definition) is 0. The maximum absolute atomic E-state index is 11.5. The smallest absolute Gasteiger partial charge is 0.262 e. The molecule has 0 saturated heterocycles. The SMILES string of the molecule is CC(=O)c1cccc(Cn2sc(Cl)cc2=O)c1. The Morgan fingerprint density at radius 2 is 2.18 bits per heavy atom. The van der Waals surface area contributed by atoms with Gasteiger partial charge in [0.15, 0.2) is 5.78 Å². The highest BCUT2D eigenvalue weighted by Crippen LogP contribution is 2.14. The Morgan fingerprint density at radius 3 is 2.76 bits per heavy atom. The second-order valence-electron chi connectivity index (χ2n) is 3.67. The summed E-state index contributed by atoms with van der Waals surface area (Å²) in [7, 11) is 0. The van der Waals surface area contributed by atoms with Crippen LogP contribution in [0.3, 0.4) is 0 Å². The third kappa shape index (κ3) is 2.84. The van der Waals surface area contributed by atoms with E-state index in [0.717, 1.165) is 5.56 Å². The molecule has 0 aliphatic heterocycles. The van der Waals surface area contributed by atoms with Gasteiger partial charge in [-0.2, -0.15) is 0 Å². The second-order valence-corrected chi connectivity index (χ2v) is 5.37. The highest BCUT2D eigenvalue weighted by Gasteiger charge is 2.05. The van der Waals surface area contributed by atoms with Crippen molar-refractivity contribution in [2.75, 3.05) is 0 Å². The molecule has 2 aromatic rings. The van der Waals surface area contributed by atoms with Crippen molar-refractivity contribution in [1.82, 2.24) is 3.96 Å². The molecule has 0 amide bonds. The topological polar surface area (TPSA) is 39.1 Å². The van der Waals surface area contributed by atoms with E-state index < -0.39 is 0 Å². The lowest BCUT2D eigenvalue weighted by molar-refractivity contribution is 0.101. The van der Waals surface area contributed by atoms with Crippen LogP contribution in [-0.4, -0.2) is 9.74 Å². The van der Waals surface area contributed by atoms with E-state index in [1.807, 2.05) is 12.1 Å². The van der Waals surface area contributed by atoms with Crippen LogP contribution in [0.25, 0.3) is 0 Å². The van der Waals surface area contributed by atoms with Crippen LogP contribution in [0.4, 0.5) is 0 Å². The maximum Gasteiger partial charge on any atom is 0.262 e. The summed E-state index contributed by atoms with van der Waals surface area (Å²) in [6.07, 6.45) is 0. The van der Waals surface area contributed by atoms with Crippen molar-refractivity contribution in [2.24, 2.45) is 0 Å². The number of aromatic nitrogens is 1. The lowest BCUT2D eigenvalue weighted by Crippen LogP contribution is -2.12. The van der Waals surface area contributed by atoms with Gasteiger partial charge in [0, 0.05) is 11.6 Å². The van der Waals surface area contributed by atoms with Gasteiger partial charge < -0.3 is 0 Å². The maximum atomic E-state index is 11.5. The zero-order valence-corrected chi connectivity index (χ0v) is 10.7. The highest BCUT2D eigenvalue weighted by molar-refractivity contribution is 7.11. The van der Waals surface area contributed by atoms with Crippen molar-refractivity contribution in [3.05, 3.63) is 56.1 Å². The van der Waals surface area contributed by atoms with Crippen LogP contribution in [0.2, 0.25) is 4.34 Å². The summed E-state index contributed by atoms with van der Waals surface area (Å²) >= 11 is 6.97. The normalized spacial score (nSPS) is 10.5. The quantitative estimate of drug-likeness (QED) is 0.802. The molecule has 1 aromatic heterocycles. The largest absolute Gasteiger partial charge is 0.295 e. The summed E-state index contributed by atoms with van der Waals surface area (Å²) in [4.78, 5) is 22.7. The summed E-state index contributed by atoms with van der Waals surface area (Å²) in [5, 5.41) is 0. The number of rotatable bonds is 3. The van der Waals surface area contributed by atoms with E-state index in [1.54, 1.807) is 16.1 Å². The Hall–Kier alpha value is -1.39. The van der Waals surface area contributed by atoms with E-state index in [4.69, 9.17) is 11.6 Å². The molecular formula is C12H10ClNO2S. The first-order valence-electron chi connectivity index (χ1n) is 5.03. The molecule has 0 radical (unpaired) electrons. The van der Waals surface area contributed by atoms with Gasteiger partial charge in [0.1, 0.15) is 4.34 Å². The van der Waals surface area contributed by atoms with Crippen LogP contribution in [0, 0.1) is 0 Å². The van der Waals surface area contributed by atoms with E-state index in [9.17, 15) is 9.59 Å². The van der Waals surface area contributed by atoms with Gasteiger partial charge in [-0.15, -0.1) is 0 Å². The zero-order valence-electron chi connectivity index (χ0n) is 9.14. The summed E-state index contributed by atoms with van der Waals surface area (Å²) in [6, 6.07) is 8.64. The van der Waals surface area contributed by atoms with Gasteiger partial charge in [0.25, 0.3) is 5.56 Å². The van der Waals surface area contributed by atoms with Crippen LogP contribution >= 0.6 is 23.1 Å². The molecular weight excluding hydrogens is 258 g/mol. The van der Waals surface area contributed by atoms with Crippen molar-refractivity contribution in [3.63, 3.8) is 0 Å². The summed E-state index contributed by atoms with van der Waals surface area (Å²) in [5.74, 6) is 0.0170. The molecule has 5 heteroatoms. The van der Waals surface area contributed by atoms with E-state index >= 15 is 0 Å². The van der Waals surface area contributed by atoms with Gasteiger partial charge in [-0.1, -0.05) is 29.8 Å². The summed E-state index contributed by atoms with van der Waals surface area (Å²) in [6.45, 7) is 1.96. The predicted octanol–water partition coefficient (Wildman–Crippen LogP) is 2.81. The average molecular weight is 268 g/mol. The fourth-order valence-corrected chi connectivity index (χ4v) is 2.57. The molecule has 1 aromatic carbocycles. The van der Waals surface area contributed by atoms with Crippen molar-refractivity contribution in [3.8, 4) is 0 Å². The summed E-state index contributed by atoms with van der Waals surface area (Å²) in [5.41, 5.74) is 1.45. The van der Waals surface area contributed by atoms with Gasteiger partial charge in [-0.25, -0.2) is 0 Å². The zero-order chi connectivity index (χ0) is 12.4. The van der Waals surface area contributed by atoms with Crippen LogP contribution in [-0.2, 0) is 6.54 Å². The minimum absolute atomic E-state index is 0.0170. The number of ketones is 1. The third-order valence-corrected chi connectivity index (χ3v) is 3.48. The molecule has 0 fully saturated rings. The Morgan fingerprint density at radius 1 is 1.41 bits per heavy atom. The monoisotopic (exact) mass is 267 g/mol. The fourth-order valence-electron chi connectivity index (χ4n) is 1.51. The average Bonchev–Trinajstić information content (AvgIpc) is 2.58. The molecule has 0 aliphatic carbocycles. The van der Waals surface area contributed by atoms with Gasteiger partial charge in [0.2, 0.25) is 0 Å². The first-order valence-corrected chi connectivity index (χ1v) is 6.18. The summed E-state index contributed by atoms with van der Waals surface area (Å²) < 4.78 is 2.03. The van der Waals surface area contributed by atoms with E-state index in [-0.39, 0.29) is 11.3 Å². The van der Waals surface area contributed by atoms with Crippen molar-refractivity contribution in [1.29, 1.82) is 0 Å². The second kappa shape index (κ2) is 4.85. The molecule has 0 aliphatic rings. The minimum Gasteiger partial charge on any atom is -0.295 e. The lowest BCUT2D eigenvalue weighted by Gasteiger charge is -2.03. The molecule has 1 heterocycles. The highest BCUT2D eigenvalue weighted by atomic mass is 35.5. The molecule has 2 rings (SSSR count). The lowest BCUT2D eigenvalue weighted by atomic mass is 10.1. The number of hydrogen-bond acceptors (Lipinski definition) is 3. The standard InChI is InChI=1S/C12H10ClNO2S/c1-8(15)10-4-2-3-9(5-10)7-14-12(16)6-11(13)17-14/h2-6H,7H2,1H3. The molecule has 0 N–H and O–H groups in total. The van der Waals surface area contributed by atoms with E-state index in [2.05, 4.69) is 0 Å². The van der Waals surface area contributed by atoms with Crippen LogP contribution in [0.15, 0.2) is 35.1 Å². The van der Waals surface area contributed by atoms with Crippen LogP contribution in [0.5, 0.6) is 0 Å². The van der Waals surface area contributed by atoms with Crippen LogP contribution < -0.4 is 5.56 Å². The molecule has 0 unspecified atom stereocenters. The molecule has 17 heavy (non-hydrogen) atoms. The Balaban J connectivity index is 2.30. The van der Waals surface area contributed by atoms with Gasteiger partial charge in [-0.05, 0) is 30.1 Å². The number of benzene rings is 1. The first kappa shape index (κ1) is 12.1. The van der Waals surface area contributed by atoms with E-state index in [1.165, 1.54) is 24.5 Å². The van der Waals surface area contributed by atoms with Crippen molar-refractivity contribution >= 4 is 28.9 Å².